The van der Waals surface area contributed by atoms with Crippen LogP contribution < -0.4 is 0 Å². The highest BCUT2D eigenvalue weighted by Gasteiger charge is 2.39. The molecular formula is C14H21NO4. The Morgan fingerprint density at radius 1 is 1.11 bits per heavy atom. The second-order valence-electron chi connectivity index (χ2n) is 5.46. The van der Waals surface area contributed by atoms with Crippen molar-refractivity contribution in [2.75, 3.05) is 26.3 Å². The molecule has 2 rings (SSSR count). The van der Waals surface area contributed by atoms with Gasteiger partial charge < -0.3 is 14.7 Å². The van der Waals surface area contributed by atoms with Crippen molar-refractivity contribution in [3.63, 3.8) is 0 Å². The Kier molecular flexibility index (Phi) is 4.24. The molecule has 1 amide bonds. The zero-order valence-electron chi connectivity index (χ0n) is 11.5. The Balaban J connectivity index is 2.15. The van der Waals surface area contributed by atoms with Crippen LogP contribution in [0.5, 0.6) is 0 Å². The number of rotatable bonds is 2. The van der Waals surface area contributed by atoms with Gasteiger partial charge in [-0.2, -0.15) is 0 Å². The lowest BCUT2D eigenvalue weighted by atomic mass is 9.76. The molecule has 2 atom stereocenters. The van der Waals surface area contributed by atoms with Gasteiger partial charge in [0.25, 0.3) is 0 Å². The first-order chi connectivity index (χ1) is 9.00. The molecule has 5 nitrogen and oxygen atoms in total. The van der Waals surface area contributed by atoms with E-state index in [4.69, 9.17) is 4.74 Å². The Morgan fingerprint density at radius 2 is 1.63 bits per heavy atom. The summed E-state index contributed by atoms with van der Waals surface area (Å²) in [6.07, 6.45) is 1.06. The fourth-order valence-corrected chi connectivity index (χ4v) is 2.83. The Hall–Kier alpha value is -1.36. The maximum atomic E-state index is 12.5. The largest absolute Gasteiger partial charge is 0.481 e. The van der Waals surface area contributed by atoms with Crippen LogP contribution in [0.3, 0.4) is 0 Å². The van der Waals surface area contributed by atoms with Gasteiger partial charge in [-0.05, 0) is 26.7 Å². The van der Waals surface area contributed by atoms with Gasteiger partial charge in [0.1, 0.15) is 0 Å². The average molecular weight is 267 g/mol. The van der Waals surface area contributed by atoms with Crippen LogP contribution in [0.4, 0.5) is 0 Å². The van der Waals surface area contributed by atoms with Gasteiger partial charge in [0.15, 0.2) is 0 Å². The number of carbonyl (C=O) groups is 2. The molecular weight excluding hydrogens is 246 g/mol. The molecule has 0 bridgehead atoms. The molecule has 1 heterocycles. The van der Waals surface area contributed by atoms with Crippen LogP contribution in [0.1, 0.15) is 26.7 Å². The van der Waals surface area contributed by atoms with Crippen LogP contribution in [-0.2, 0) is 14.3 Å². The summed E-state index contributed by atoms with van der Waals surface area (Å²) in [5.41, 5.74) is 2.27. The molecule has 0 unspecified atom stereocenters. The Bertz CT molecular complexity index is 410. The Morgan fingerprint density at radius 3 is 2.16 bits per heavy atom. The number of aliphatic carboxylic acids is 1. The van der Waals surface area contributed by atoms with E-state index in [-0.39, 0.29) is 5.91 Å². The average Bonchev–Trinajstić information content (AvgIpc) is 2.41. The fraction of sp³-hybridized carbons (Fsp3) is 0.714. The molecule has 1 fully saturated rings. The van der Waals surface area contributed by atoms with E-state index in [1.165, 1.54) is 0 Å². The maximum absolute atomic E-state index is 12.5. The summed E-state index contributed by atoms with van der Waals surface area (Å²) >= 11 is 0. The summed E-state index contributed by atoms with van der Waals surface area (Å²) < 4.78 is 5.23. The van der Waals surface area contributed by atoms with Gasteiger partial charge >= 0.3 is 5.97 Å². The van der Waals surface area contributed by atoms with E-state index < -0.39 is 17.8 Å². The number of carboxylic acid groups (broad SMARTS) is 1. The van der Waals surface area contributed by atoms with Gasteiger partial charge in [0.2, 0.25) is 5.91 Å². The number of amides is 1. The number of hydrogen-bond donors (Lipinski definition) is 1. The molecule has 1 aliphatic carbocycles. The second kappa shape index (κ2) is 5.74. The molecule has 1 saturated heterocycles. The van der Waals surface area contributed by atoms with Crippen LogP contribution in [0.15, 0.2) is 11.1 Å². The predicted octanol–water partition coefficient (Wildman–Crippen LogP) is 1.29. The van der Waals surface area contributed by atoms with Crippen molar-refractivity contribution in [2.24, 2.45) is 11.8 Å². The molecule has 19 heavy (non-hydrogen) atoms. The highest BCUT2D eigenvalue weighted by atomic mass is 16.5. The summed E-state index contributed by atoms with van der Waals surface area (Å²) in [6.45, 7) is 6.19. The lowest BCUT2D eigenvalue weighted by Gasteiger charge is -2.35. The summed E-state index contributed by atoms with van der Waals surface area (Å²) in [5, 5.41) is 9.34. The van der Waals surface area contributed by atoms with Crippen molar-refractivity contribution in [1.82, 2.24) is 4.90 Å². The highest BCUT2D eigenvalue weighted by Crippen LogP contribution is 2.35. The van der Waals surface area contributed by atoms with Crippen molar-refractivity contribution in [3.8, 4) is 0 Å². The molecule has 0 aromatic carbocycles. The standard InChI is InChI=1S/C14H21NO4/c1-9-7-11(12(14(17)18)8-10(9)2)13(16)15-3-5-19-6-4-15/h11-12H,3-8H2,1-2H3,(H,17,18)/t11-,12-/m0/s1. The first kappa shape index (κ1) is 14.1. The van der Waals surface area contributed by atoms with Crippen LogP contribution in [-0.4, -0.2) is 48.2 Å². The SMILES string of the molecule is CC1=C(C)C[C@H](C(=O)N2CCOCC2)[C@@H](C(=O)O)C1. The van der Waals surface area contributed by atoms with E-state index in [1.807, 2.05) is 13.8 Å². The first-order valence-corrected chi connectivity index (χ1v) is 6.75. The number of carbonyl (C=O) groups excluding carboxylic acids is 1. The summed E-state index contributed by atoms with van der Waals surface area (Å²) in [6, 6.07) is 0. The molecule has 0 aromatic heterocycles. The van der Waals surface area contributed by atoms with Gasteiger partial charge in [-0.3, -0.25) is 9.59 Å². The summed E-state index contributed by atoms with van der Waals surface area (Å²) in [4.78, 5) is 25.6. The quantitative estimate of drug-likeness (QED) is 0.766. The smallest absolute Gasteiger partial charge is 0.307 e. The first-order valence-electron chi connectivity index (χ1n) is 6.75. The molecule has 2 aliphatic rings. The summed E-state index contributed by atoms with van der Waals surface area (Å²) in [5.74, 6) is -1.89. The van der Waals surface area contributed by atoms with E-state index in [0.717, 1.165) is 11.1 Å². The maximum Gasteiger partial charge on any atom is 0.307 e. The third kappa shape index (κ3) is 2.97. The lowest BCUT2D eigenvalue weighted by Crippen LogP contribution is -2.47. The molecule has 5 heteroatoms. The number of hydrogen-bond acceptors (Lipinski definition) is 3. The molecule has 0 aromatic rings. The number of nitrogens with zero attached hydrogens (tertiary/aromatic N) is 1. The Labute approximate surface area is 113 Å². The summed E-state index contributed by atoms with van der Waals surface area (Å²) in [7, 11) is 0. The monoisotopic (exact) mass is 267 g/mol. The highest BCUT2D eigenvalue weighted by molar-refractivity contribution is 5.85. The van der Waals surface area contributed by atoms with Crippen LogP contribution in [0, 0.1) is 11.8 Å². The van der Waals surface area contributed by atoms with Crippen molar-refractivity contribution in [3.05, 3.63) is 11.1 Å². The zero-order chi connectivity index (χ0) is 14.0. The molecule has 106 valence electrons. The van der Waals surface area contributed by atoms with Crippen LogP contribution in [0.2, 0.25) is 0 Å². The zero-order valence-corrected chi connectivity index (χ0v) is 11.5. The number of ether oxygens (including phenoxy) is 1. The predicted molar refractivity (Wildman–Crippen MR) is 69.6 cm³/mol. The van der Waals surface area contributed by atoms with E-state index in [9.17, 15) is 14.7 Å². The molecule has 1 N–H and O–H groups in total. The normalized spacial score (nSPS) is 28.4. The third-order valence-corrected chi connectivity index (χ3v) is 4.22. The van der Waals surface area contributed by atoms with Gasteiger partial charge in [-0.15, -0.1) is 0 Å². The minimum Gasteiger partial charge on any atom is -0.481 e. The van der Waals surface area contributed by atoms with Crippen LogP contribution in [0.25, 0.3) is 0 Å². The third-order valence-electron chi connectivity index (χ3n) is 4.22. The fourth-order valence-electron chi connectivity index (χ4n) is 2.83. The number of morpholine rings is 1. The van der Waals surface area contributed by atoms with E-state index >= 15 is 0 Å². The van der Waals surface area contributed by atoms with E-state index in [0.29, 0.717) is 39.1 Å². The van der Waals surface area contributed by atoms with Gasteiger partial charge in [0.05, 0.1) is 25.0 Å². The van der Waals surface area contributed by atoms with Crippen molar-refractivity contribution >= 4 is 11.9 Å². The van der Waals surface area contributed by atoms with Gasteiger partial charge in [-0.1, -0.05) is 11.1 Å². The molecule has 0 spiro atoms. The van der Waals surface area contributed by atoms with Gasteiger partial charge in [-0.25, -0.2) is 0 Å². The van der Waals surface area contributed by atoms with E-state index in [1.54, 1.807) is 4.90 Å². The minimum atomic E-state index is -0.863. The lowest BCUT2D eigenvalue weighted by molar-refractivity contribution is -0.152. The molecule has 0 radical (unpaired) electrons. The second-order valence-corrected chi connectivity index (χ2v) is 5.46. The van der Waals surface area contributed by atoms with Crippen molar-refractivity contribution in [1.29, 1.82) is 0 Å². The van der Waals surface area contributed by atoms with Crippen LogP contribution >= 0.6 is 0 Å². The molecule has 0 saturated carbocycles. The number of allylic oxidation sites excluding steroid dienone is 2. The number of carboxylic acids is 1. The van der Waals surface area contributed by atoms with Crippen molar-refractivity contribution < 1.29 is 19.4 Å². The topological polar surface area (TPSA) is 66.8 Å². The van der Waals surface area contributed by atoms with Crippen molar-refractivity contribution in [2.45, 2.75) is 26.7 Å². The van der Waals surface area contributed by atoms with Gasteiger partial charge in [0, 0.05) is 13.1 Å². The minimum absolute atomic E-state index is 0.0254. The van der Waals surface area contributed by atoms with E-state index in [2.05, 4.69) is 0 Å². The molecule has 1 aliphatic heterocycles.